The van der Waals surface area contributed by atoms with E-state index in [4.69, 9.17) is 4.74 Å². The standard InChI is InChI=1S/C11H15BrN2O3S/c1-8-6-9(7-13-11(8)12)14-18(15,16)10-2-4-17-5-3-10/h6-7,10,14H,2-5H2,1H3. The topological polar surface area (TPSA) is 68.3 Å². The fourth-order valence-electron chi connectivity index (χ4n) is 1.85. The van der Waals surface area contributed by atoms with Crippen LogP contribution in [0.15, 0.2) is 16.9 Å². The van der Waals surface area contributed by atoms with Gasteiger partial charge in [-0.05, 0) is 47.3 Å². The molecule has 0 spiro atoms. The maximum Gasteiger partial charge on any atom is 0.235 e. The largest absolute Gasteiger partial charge is 0.381 e. The Hall–Kier alpha value is -0.660. The summed E-state index contributed by atoms with van der Waals surface area (Å²) in [5.41, 5.74) is 1.39. The van der Waals surface area contributed by atoms with E-state index in [0.29, 0.717) is 31.7 Å². The zero-order valence-electron chi connectivity index (χ0n) is 10.0. The first kappa shape index (κ1) is 13.8. The second-order valence-electron chi connectivity index (χ2n) is 4.29. The van der Waals surface area contributed by atoms with Crippen molar-refractivity contribution >= 4 is 31.6 Å². The van der Waals surface area contributed by atoms with Crippen molar-refractivity contribution in [2.45, 2.75) is 25.0 Å². The number of nitrogens with zero attached hydrogens (tertiary/aromatic N) is 1. The van der Waals surface area contributed by atoms with Crippen molar-refractivity contribution in [3.05, 3.63) is 22.4 Å². The molecule has 1 aliphatic heterocycles. The van der Waals surface area contributed by atoms with Gasteiger partial charge in [-0.2, -0.15) is 0 Å². The Labute approximate surface area is 115 Å². The fraction of sp³-hybridized carbons (Fsp3) is 0.545. The Bertz CT molecular complexity index is 527. The van der Waals surface area contributed by atoms with Crippen molar-refractivity contribution in [3.8, 4) is 0 Å². The van der Waals surface area contributed by atoms with Crippen LogP contribution in [0.1, 0.15) is 18.4 Å². The van der Waals surface area contributed by atoms with Gasteiger partial charge in [-0.15, -0.1) is 0 Å². The number of hydrogen-bond donors (Lipinski definition) is 1. The van der Waals surface area contributed by atoms with Crippen LogP contribution < -0.4 is 4.72 Å². The molecule has 0 radical (unpaired) electrons. The van der Waals surface area contributed by atoms with Gasteiger partial charge in [0, 0.05) is 13.2 Å². The van der Waals surface area contributed by atoms with Gasteiger partial charge >= 0.3 is 0 Å². The molecule has 0 aliphatic carbocycles. The number of anilines is 1. The first-order valence-corrected chi connectivity index (χ1v) is 8.04. The summed E-state index contributed by atoms with van der Waals surface area (Å²) in [4.78, 5) is 4.07. The lowest BCUT2D eigenvalue weighted by atomic mass is 10.2. The van der Waals surface area contributed by atoms with Crippen LogP contribution in [0.25, 0.3) is 0 Å². The van der Waals surface area contributed by atoms with Crippen LogP contribution in [0.2, 0.25) is 0 Å². The minimum Gasteiger partial charge on any atom is -0.381 e. The average molecular weight is 335 g/mol. The second kappa shape index (κ2) is 5.54. The number of aryl methyl sites for hydroxylation is 1. The molecule has 1 saturated heterocycles. The highest BCUT2D eigenvalue weighted by molar-refractivity contribution is 9.10. The number of sulfonamides is 1. The molecule has 0 atom stereocenters. The van der Waals surface area contributed by atoms with Gasteiger partial charge in [-0.25, -0.2) is 13.4 Å². The lowest BCUT2D eigenvalue weighted by molar-refractivity contribution is 0.0984. The summed E-state index contributed by atoms with van der Waals surface area (Å²) in [6.07, 6.45) is 2.59. The number of aromatic nitrogens is 1. The maximum atomic E-state index is 12.1. The van der Waals surface area contributed by atoms with Crippen molar-refractivity contribution in [1.29, 1.82) is 0 Å². The highest BCUT2D eigenvalue weighted by Gasteiger charge is 2.27. The van der Waals surface area contributed by atoms with Crippen LogP contribution in [-0.4, -0.2) is 31.9 Å². The second-order valence-corrected chi connectivity index (χ2v) is 7.00. The van der Waals surface area contributed by atoms with Crippen LogP contribution in [0.5, 0.6) is 0 Å². The first-order chi connectivity index (χ1) is 8.49. The van der Waals surface area contributed by atoms with Gasteiger partial charge in [0.15, 0.2) is 0 Å². The zero-order valence-corrected chi connectivity index (χ0v) is 12.4. The van der Waals surface area contributed by atoms with Gasteiger partial charge in [-0.1, -0.05) is 0 Å². The lowest BCUT2D eigenvalue weighted by Gasteiger charge is -2.22. The van der Waals surface area contributed by atoms with Crippen molar-refractivity contribution < 1.29 is 13.2 Å². The van der Waals surface area contributed by atoms with E-state index in [1.165, 1.54) is 6.20 Å². The maximum absolute atomic E-state index is 12.1. The number of pyridine rings is 1. The Balaban J connectivity index is 2.13. The summed E-state index contributed by atoms with van der Waals surface area (Å²) in [7, 11) is -3.35. The number of hydrogen-bond acceptors (Lipinski definition) is 4. The van der Waals surface area contributed by atoms with E-state index < -0.39 is 10.0 Å². The number of ether oxygens (including phenoxy) is 1. The van der Waals surface area contributed by atoms with E-state index in [-0.39, 0.29) is 5.25 Å². The number of rotatable bonds is 3. The van der Waals surface area contributed by atoms with E-state index in [2.05, 4.69) is 25.6 Å². The summed E-state index contributed by atoms with van der Waals surface area (Å²) in [5, 5.41) is -0.379. The third-order valence-corrected chi connectivity index (χ3v) is 5.58. The third-order valence-electron chi connectivity index (χ3n) is 2.88. The Morgan fingerprint density at radius 3 is 2.72 bits per heavy atom. The van der Waals surface area contributed by atoms with Gasteiger partial charge in [0.1, 0.15) is 4.60 Å². The Kier molecular flexibility index (Phi) is 4.24. The molecule has 0 unspecified atom stereocenters. The average Bonchev–Trinajstić information content (AvgIpc) is 2.35. The molecule has 100 valence electrons. The number of nitrogens with one attached hydrogen (secondary N) is 1. The van der Waals surface area contributed by atoms with E-state index in [0.717, 1.165) is 10.2 Å². The van der Waals surface area contributed by atoms with Crippen LogP contribution in [0, 0.1) is 6.92 Å². The molecule has 1 aromatic heterocycles. The monoisotopic (exact) mass is 334 g/mol. The first-order valence-electron chi connectivity index (χ1n) is 5.70. The van der Waals surface area contributed by atoms with Gasteiger partial charge in [0.05, 0.1) is 17.1 Å². The van der Waals surface area contributed by atoms with Crippen molar-refractivity contribution in [2.24, 2.45) is 0 Å². The molecule has 1 aromatic rings. The van der Waals surface area contributed by atoms with Gasteiger partial charge in [0.25, 0.3) is 0 Å². The predicted molar refractivity (Wildman–Crippen MR) is 73.1 cm³/mol. The normalized spacial score (nSPS) is 17.7. The number of halogens is 1. The predicted octanol–water partition coefficient (Wildman–Crippen LogP) is 2.07. The van der Waals surface area contributed by atoms with Gasteiger partial charge < -0.3 is 4.74 Å². The summed E-state index contributed by atoms with van der Waals surface area (Å²) in [6.45, 7) is 2.87. The molecule has 1 aliphatic rings. The molecule has 5 nitrogen and oxygen atoms in total. The summed E-state index contributed by atoms with van der Waals surface area (Å²) < 4.78 is 32.8. The fourth-order valence-corrected chi connectivity index (χ4v) is 3.48. The van der Waals surface area contributed by atoms with E-state index in [9.17, 15) is 8.42 Å². The minimum atomic E-state index is -3.35. The minimum absolute atomic E-state index is 0.379. The SMILES string of the molecule is Cc1cc(NS(=O)(=O)C2CCOCC2)cnc1Br. The quantitative estimate of drug-likeness (QED) is 0.859. The lowest BCUT2D eigenvalue weighted by Crippen LogP contribution is -2.33. The molecular formula is C11H15BrN2O3S. The third kappa shape index (κ3) is 3.21. The molecule has 0 amide bonds. The molecule has 1 N–H and O–H groups in total. The summed E-state index contributed by atoms with van der Waals surface area (Å²) >= 11 is 3.28. The highest BCUT2D eigenvalue weighted by Crippen LogP contribution is 2.21. The Morgan fingerprint density at radius 2 is 2.11 bits per heavy atom. The van der Waals surface area contributed by atoms with Gasteiger partial charge in [0.2, 0.25) is 10.0 Å². The van der Waals surface area contributed by atoms with Crippen molar-refractivity contribution in [2.75, 3.05) is 17.9 Å². The van der Waals surface area contributed by atoms with Crippen LogP contribution >= 0.6 is 15.9 Å². The van der Waals surface area contributed by atoms with Crippen LogP contribution in [0.4, 0.5) is 5.69 Å². The Morgan fingerprint density at radius 1 is 1.44 bits per heavy atom. The van der Waals surface area contributed by atoms with E-state index in [1.54, 1.807) is 6.07 Å². The smallest absolute Gasteiger partial charge is 0.235 e. The van der Waals surface area contributed by atoms with Gasteiger partial charge in [-0.3, -0.25) is 4.72 Å². The van der Waals surface area contributed by atoms with E-state index in [1.807, 2.05) is 6.92 Å². The highest BCUT2D eigenvalue weighted by atomic mass is 79.9. The van der Waals surface area contributed by atoms with Crippen molar-refractivity contribution in [1.82, 2.24) is 4.98 Å². The van der Waals surface area contributed by atoms with Crippen molar-refractivity contribution in [3.63, 3.8) is 0 Å². The van der Waals surface area contributed by atoms with Crippen LogP contribution in [0.3, 0.4) is 0 Å². The molecule has 7 heteroatoms. The molecule has 1 fully saturated rings. The molecule has 0 saturated carbocycles. The summed E-state index contributed by atoms with van der Waals surface area (Å²) in [6, 6.07) is 1.76. The van der Waals surface area contributed by atoms with E-state index >= 15 is 0 Å². The molecule has 18 heavy (non-hydrogen) atoms. The molecule has 0 bridgehead atoms. The molecule has 2 rings (SSSR count). The molecular weight excluding hydrogens is 320 g/mol. The zero-order chi connectivity index (χ0) is 13.2. The molecule has 2 heterocycles. The summed E-state index contributed by atoms with van der Waals surface area (Å²) in [5.74, 6) is 0. The van der Waals surface area contributed by atoms with Crippen LogP contribution in [-0.2, 0) is 14.8 Å². The molecule has 0 aromatic carbocycles.